The lowest BCUT2D eigenvalue weighted by atomic mass is 10.1. The molecule has 0 aliphatic carbocycles. The van der Waals surface area contributed by atoms with Gasteiger partial charge in [-0.1, -0.05) is 11.6 Å². The van der Waals surface area contributed by atoms with Crippen LogP contribution in [-0.2, 0) is 7.05 Å². The second-order valence-corrected chi connectivity index (χ2v) is 4.82. The normalized spacial score (nSPS) is 23.1. The Labute approximate surface area is 116 Å². The van der Waals surface area contributed by atoms with Gasteiger partial charge in [0.25, 0.3) is 11.6 Å². The van der Waals surface area contributed by atoms with Crippen molar-refractivity contribution in [2.75, 3.05) is 0 Å². The first-order chi connectivity index (χ1) is 9.08. The van der Waals surface area contributed by atoms with Crippen molar-refractivity contribution in [1.82, 2.24) is 14.8 Å². The minimum absolute atomic E-state index is 0.00519. The Balaban J connectivity index is 2.48. The minimum atomic E-state index is -5.05. The van der Waals surface area contributed by atoms with Gasteiger partial charge in [0.05, 0.1) is 11.2 Å². The number of hydrazone groups is 1. The molecule has 0 unspecified atom stereocenters. The predicted molar refractivity (Wildman–Crippen MR) is 63.1 cm³/mol. The summed E-state index contributed by atoms with van der Waals surface area (Å²) in [6.07, 6.45) is -4.74. The first-order valence-corrected chi connectivity index (χ1v) is 5.81. The molecule has 1 amide bonds. The molecule has 1 N–H and O–H groups in total. The van der Waals surface area contributed by atoms with Gasteiger partial charge in [-0.2, -0.15) is 28.4 Å². The van der Waals surface area contributed by atoms with E-state index in [4.69, 9.17) is 11.6 Å². The van der Waals surface area contributed by atoms with Crippen molar-refractivity contribution < 1.29 is 23.1 Å². The van der Waals surface area contributed by atoms with Crippen LogP contribution >= 0.6 is 11.6 Å². The van der Waals surface area contributed by atoms with Crippen molar-refractivity contribution in [2.45, 2.75) is 25.2 Å². The number of aliphatic hydroxyl groups is 1. The molecule has 6 nitrogen and oxygen atoms in total. The standard InChI is InChI=1S/C10H10ClF3N4O2/c1-5-3-9(20,10(12,13)14)18(16-5)8(19)7-6(11)4-15-17(7)2/h4,20H,3H2,1-2H3/t9-/m1/s1. The van der Waals surface area contributed by atoms with Crippen LogP contribution < -0.4 is 0 Å². The third-order valence-corrected chi connectivity index (χ3v) is 3.14. The van der Waals surface area contributed by atoms with Crippen LogP contribution in [0.4, 0.5) is 13.2 Å². The second kappa shape index (κ2) is 4.45. The molecule has 1 atom stereocenters. The average molecular weight is 311 g/mol. The predicted octanol–water partition coefficient (Wildman–Crippen LogP) is 1.55. The van der Waals surface area contributed by atoms with Gasteiger partial charge in [-0.25, -0.2) is 0 Å². The fourth-order valence-electron chi connectivity index (χ4n) is 1.91. The molecule has 1 aliphatic rings. The van der Waals surface area contributed by atoms with Crippen molar-refractivity contribution in [3.05, 3.63) is 16.9 Å². The van der Waals surface area contributed by atoms with Crippen LogP contribution in [0.25, 0.3) is 0 Å². The van der Waals surface area contributed by atoms with E-state index < -0.39 is 24.2 Å². The molecule has 0 radical (unpaired) electrons. The van der Waals surface area contributed by atoms with Gasteiger partial charge in [-0.3, -0.25) is 9.48 Å². The number of aromatic nitrogens is 2. The maximum atomic E-state index is 13.0. The van der Waals surface area contributed by atoms with Gasteiger partial charge in [0, 0.05) is 19.2 Å². The van der Waals surface area contributed by atoms with E-state index >= 15 is 0 Å². The maximum absolute atomic E-state index is 13.0. The molecule has 0 saturated heterocycles. The Bertz CT molecular complexity index is 578. The molecule has 1 aromatic rings. The van der Waals surface area contributed by atoms with Crippen molar-refractivity contribution in [3.8, 4) is 0 Å². The highest BCUT2D eigenvalue weighted by Gasteiger charge is 2.63. The van der Waals surface area contributed by atoms with Gasteiger partial charge in [0.15, 0.2) is 0 Å². The van der Waals surface area contributed by atoms with Crippen LogP contribution in [0, 0.1) is 0 Å². The van der Waals surface area contributed by atoms with Crippen LogP contribution in [0.2, 0.25) is 5.02 Å². The second-order valence-electron chi connectivity index (χ2n) is 4.41. The first-order valence-electron chi connectivity index (χ1n) is 5.43. The first kappa shape index (κ1) is 14.8. The zero-order chi connectivity index (χ0) is 15.3. The topological polar surface area (TPSA) is 70.7 Å². The van der Waals surface area contributed by atoms with E-state index in [0.717, 1.165) is 10.9 Å². The SMILES string of the molecule is CC1=NN(C(=O)c2c(Cl)cnn2C)[C@](O)(C(F)(F)F)C1. The summed E-state index contributed by atoms with van der Waals surface area (Å²) in [6, 6.07) is 0. The van der Waals surface area contributed by atoms with E-state index in [1.807, 2.05) is 0 Å². The van der Waals surface area contributed by atoms with Crippen LogP contribution in [-0.4, -0.2) is 43.4 Å². The largest absolute Gasteiger partial charge is 0.438 e. The summed E-state index contributed by atoms with van der Waals surface area (Å²) in [7, 11) is 1.35. The highest BCUT2D eigenvalue weighted by molar-refractivity contribution is 6.33. The zero-order valence-electron chi connectivity index (χ0n) is 10.4. The summed E-state index contributed by atoms with van der Waals surface area (Å²) in [6.45, 7) is 1.29. The summed E-state index contributed by atoms with van der Waals surface area (Å²) in [5.74, 6) is -1.17. The third-order valence-electron chi connectivity index (χ3n) is 2.87. The molecule has 1 aliphatic heterocycles. The Hall–Kier alpha value is -1.61. The molecule has 0 spiro atoms. The fraction of sp³-hybridized carbons (Fsp3) is 0.500. The Morgan fingerprint density at radius 1 is 1.55 bits per heavy atom. The summed E-state index contributed by atoms with van der Waals surface area (Å²) >= 11 is 5.72. The molecule has 2 heterocycles. The fourth-order valence-corrected chi connectivity index (χ4v) is 2.15. The zero-order valence-corrected chi connectivity index (χ0v) is 11.2. The number of alkyl halides is 3. The Morgan fingerprint density at radius 3 is 2.60 bits per heavy atom. The lowest BCUT2D eigenvalue weighted by Gasteiger charge is -2.32. The molecule has 0 bridgehead atoms. The number of rotatable bonds is 1. The number of amides is 1. The van der Waals surface area contributed by atoms with Crippen LogP contribution in [0.15, 0.2) is 11.3 Å². The Kier molecular flexibility index (Phi) is 3.29. The van der Waals surface area contributed by atoms with E-state index in [2.05, 4.69) is 10.2 Å². The summed E-state index contributed by atoms with van der Waals surface area (Å²) in [4.78, 5) is 12.2. The highest BCUT2D eigenvalue weighted by atomic mass is 35.5. The van der Waals surface area contributed by atoms with Crippen molar-refractivity contribution in [1.29, 1.82) is 0 Å². The molecule has 20 heavy (non-hydrogen) atoms. The maximum Gasteiger partial charge on any atom is 0.438 e. The minimum Gasteiger partial charge on any atom is -0.362 e. The molecule has 1 aromatic heterocycles. The Morgan fingerprint density at radius 2 is 2.15 bits per heavy atom. The number of hydrogen-bond acceptors (Lipinski definition) is 4. The number of carbonyl (C=O) groups is 1. The van der Waals surface area contributed by atoms with Gasteiger partial charge >= 0.3 is 6.18 Å². The van der Waals surface area contributed by atoms with Gasteiger partial charge in [-0.15, -0.1) is 0 Å². The van der Waals surface area contributed by atoms with E-state index in [1.165, 1.54) is 14.0 Å². The van der Waals surface area contributed by atoms with E-state index in [1.54, 1.807) is 0 Å². The number of aryl methyl sites for hydroxylation is 1. The van der Waals surface area contributed by atoms with Gasteiger partial charge in [-0.05, 0) is 6.92 Å². The quantitative estimate of drug-likeness (QED) is 0.855. The van der Waals surface area contributed by atoms with E-state index in [0.29, 0.717) is 0 Å². The third kappa shape index (κ3) is 2.06. The molecule has 0 aromatic carbocycles. The lowest BCUT2D eigenvalue weighted by Crippen LogP contribution is -2.56. The molecular weight excluding hydrogens is 301 g/mol. The number of hydrogen-bond donors (Lipinski definition) is 1. The number of carbonyl (C=O) groups excluding carboxylic acids is 1. The van der Waals surface area contributed by atoms with E-state index in [9.17, 15) is 23.1 Å². The van der Waals surface area contributed by atoms with E-state index in [-0.39, 0.29) is 21.4 Å². The number of nitrogens with zero attached hydrogens (tertiary/aromatic N) is 4. The van der Waals surface area contributed by atoms with Crippen molar-refractivity contribution >= 4 is 23.2 Å². The molecule has 0 fully saturated rings. The highest BCUT2D eigenvalue weighted by Crippen LogP contribution is 2.41. The molecular formula is C10H10ClF3N4O2. The molecule has 10 heteroatoms. The average Bonchev–Trinajstić information content (AvgIpc) is 2.79. The van der Waals surface area contributed by atoms with Crippen molar-refractivity contribution in [3.63, 3.8) is 0 Å². The summed E-state index contributed by atoms with van der Waals surface area (Å²) < 4.78 is 40.0. The lowest BCUT2D eigenvalue weighted by molar-refractivity contribution is -0.297. The van der Waals surface area contributed by atoms with Gasteiger partial charge < -0.3 is 5.11 Å². The van der Waals surface area contributed by atoms with Crippen LogP contribution in [0.3, 0.4) is 0 Å². The monoisotopic (exact) mass is 310 g/mol. The molecule has 110 valence electrons. The summed E-state index contributed by atoms with van der Waals surface area (Å²) in [5, 5.41) is 16.8. The number of halogens is 4. The summed E-state index contributed by atoms with van der Waals surface area (Å²) in [5.41, 5.74) is -3.67. The van der Waals surface area contributed by atoms with Crippen LogP contribution in [0.5, 0.6) is 0 Å². The van der Waals surface area contributed by atoms with Gasteiger partial charge in [0.2, 0.25) is 0 Å². The van der Waals surface area contributed by atoms with Gasteiger partial charge in [0.1, 0.15) is 5.69 Å². The smallest absolute Gasteiger partial charge is 0.362 e. The van der Waals surface area contributed by atoms with Crippen LogP contribution in [0.1, 0.15) is 23.8 Å². The molecule has 0 saturated carbocycles. The van der Waals surface area contributed by atoms with Crippen molar-refractivity contribution in [2.24, 2.45) is 12.1 Å². The molecule has 2 rings (SSSR count).